The molecule has 0 saturated heterocycles. The van der Waals surface area contributed by atoms with E-state index in [-0.39, 0.29) is 0 Å². The molecule has 3 heteroatoms. The smallest absolute Gasteiger partial charge is 0.135 e. The number of hydrogen-bond acceptors (Lipinski definition) is 1. The fourth-order valence-electron chi connectivity index (χ4n) is 9.26. The predicted molar refractivity (Wildman–Crippen MR) is 230 cm³/mol. The van der Waals surface area contributed by atoms with Gasteiger partial charge in [-0.3, -0.25) is 0 Å². The first-order valence-corrected chi connectivity index (χ1v) is 19.1. The summed E-state index contributed by atoms with van der Waals surface area (Å²) in [4.78, 5) is 0. The molecule has 3 aromatic heterocycles. The molecule has 0 amide bonds. The average Bonchev–Trinajstić information content (AvgIpc) is 3.90. The van der Waals surface area contributed by atoms with E-state index in [9.17, 15) is 0 Å². The largest absolute Gasteiger partial charge is 0.456 e. The molecular formula is C52H34N2O. The lowest BCUT2D eigenvalue weighted by Crippen LogP contribution is -2.31. The first kappa shape index (κ1) is 30.4. The lowest BCUT2D eigenvalue weighted by Gasteiger charge is -2.16. The van der Waals surface area contributed by atoms with Crippen molar-refractivity contribution in [1.29, 1.82) is 0 Å². The van der Waals surface area contributed by atoms with E-state index >= 15 is 0 Å². The number of nitrogens with zero attached hydrogens (tertiary/aromatic N) is 2. The Labute approximate surface area is 316 Å². The van der Waals surface area contributed by atoms with E-state index < -0.39 is 0 Å². The van der Waals surface area contributed by atoms with Gasteiger partial charge in [0.2, 0.25) is 0 Å². The Balaban J connectivity index is 1.00. The van der Waals surface area contributed by atoms with Crippen LogP contribution < -0.4 is 10.4 Å². The van der Waals surface area contributed by atoms with Gasteiger partial charge in [-0.15, -0.1) is 0 Å². The monoisotopic (exact) mass is 702 g/mol. The van der Waals surface area contributed by atoms with Crippen LogP contribution in [0.25, 0.3) is 105 Å². The van der Waals surface area contributed by atoms with E-state index in [1.807, 2.05) is 12.1 Å². The quantitative estimate of drug-likeness (QED) is 0.179. The van der Waals surface area contributed by atoms with Gasteiger partial charge in [-0.25, -0.2) is 0 Å². The topological polar surface area (TPSA) is 23.0 Å². The number of fused-ring (bicyclic) bond motifs is 10. The number of hydrogen-bond donors (Lipinski definition) is 0. The summed E-state index contributed by atoms with van der Waals surface area (Å²) in [6.07, 6.45) is 4.39. The van der Waals surface area contributed by atoms with Crippen molar-refractivity contribution in [2.45, 2.75) is 12.8 Å². The molecule has 0 N–H and O–H groups in total. The van der Waals surface area contributed by atoms with Crippen LogP contribution in [0.1, 0.15) is 12.8 Å². The van der Waals surface area contributed by atoms with Crippen LogP contribution >= 0.6 is 0 Å². The van der Waals surface area contributed by atoms with E-state index in [2.05, 4.69) is 179 Å². The Morgan fingerprint density at radius 3 is 1.65 bits per heavy atom. The minimum Gasteiger partial charge on any atom is -0.456 e. The molecule has 0 radical (unpaired) electrons. The normalized spacial score (nSPS) is 13.1. The number of furan rings is 1. The lowest BCUT2D eigenvalue weighted by atomic mass is 9.98. The number of benzene rings is 8. The van der Waals surface area contributed by atoms with Gasteiger partial charge < -0.3 is 13.6 Å². The van der Waals surface area contributed by atoms with Gasteiger partial charge in [-0.2, -0.15) is 0 Å². The van der Waals surface area contributed by atoms with Crippen molar-refractivity contribution >= 4 is 77.3 Å². The first-order valence-electron chi connectivity index (χ1n) is 19.1. The molecule has 1 aliphatic rings. The van der Waals surface area contributed by atoms with Crippen LogP contribution in [-0.4, -0.2) is 9.13 Å². The number of aromatic nitrogens is 2. The maximum absolute atomic E-state index is 6.13. The van der Waals surface area contributed by atoms with E-state index in [1.165, 1.54) is 87.7 Å². The maximum Gasteiger partial charge on any atom is 0.135 e. The third-order valence-electron chi connectivity index (χ3n) is 11.8. The molecule has 0 bridgehead atoms. The Hall–Kier alpha value is -7.10. The van der Waals surface area contributed by atoms with Crippen molar-refractivity contribution in [3.63, 3.8) is 0 Å². The molecule has 258 valence electrons. The predicted octanol–water partition coefficient (Wildman–Crippen LogP) is 12.4. The van der Waals surface area contributed by atoms with Crippen LogP contribution in [-0.2, 0) is 0 Å². The van der Waals surface area contributed by atoms with E-state index in [0.29, 0.717) is 0 Å². The molecule has 1 aliphatic carbocycles. The van der Waals surface area contributed by atoms with Gasteiger partial charge in [-0.05, 0) is 113 Å². The highest BCUT2D eigenvalue weighted by atomic mass is 16.3. The Morgan fingerprint density at radius 1 is 0.382 bits per heavy atom. The summed E-state index contributed by atoms with van der Waals surface area (Å²) in [5.74, 6) is 0. The van der Waals surface area contributed by atoms with Crippen LogP contribution in [0.15, 0.2) is 180 Å². The van der Waals surface area contributed by atoms with Crippen molar-refractivity contribution in [2.24, 2.45) is 0 Å². The second-order valence-corrected chi connectivity index (χ2v) is 14.8. The third kappa shape index (κ3) is 4.57. The zero-order valence-corrected chi connectivity index (χ0v) is 30.0. The van der Waals surface area contributed by atoms with E-state index in [0.717, 1.165) is 34.8 Å². The van der Waals surface area contributed by atoms with Crippen molar-refractivity contribution in [3.8, 4) is 27.9 Å². The molecular weight excluding hydrogens is 669 g/mol. The van der Waals surface area contributed by atoms with Gasteiger partial charge in [0.25, 0.3) is 0 Å². The molecule has 0 unspecified atom stereocenters. The van der Waals surface area contributed by atoms with Gasteiger partial charge in [0, 0.05) is 48.9 Å². The fourth-order valence-corrected chi connectivity index (χ4v) is 9.26. The molecule has 12 rings (SSSR count). The molecule has 0 saturated carbocycles. The maximum atomic E-state index is 6.13. The number of rotatable bonds is 4. The van der Waals surface area contributed by atoms with Crippen LogP contribution in [0.5, 0.6) is 0 Å². The minimum absolute atomic E-state index is 0.927. The summed E-state index contributed by atoms with van der Waals surface area (Å²) in [6.45, 7) is 0. The molecule has 0 atom stereocenters. The van der Waals surface area contributed by atoms with Crippen molar-refractivity contribution in [2.75, 3.05) is 0 Å². The van der Waals surface area contributed by atoms with Crippen LogP contribution in [0, 0.1) is 0 Å². The molecule has 55 heavy (non-hydrogen) atoms. The van der Waals surface area contributed by atoms with Crippen LogP contribution in [0.4, 0.5) is 0 Å². The van der Waals surface area contributed by atoms with E-state index in [4.69, 9.17) is 4.42 Å². The molecule has 0 aliphatic heterocycles. The molecule has 11 aromatic rings. The lowest BCUT2D eigenvalue weighted by molar-refractivity contribution is 0.669. The summed E-state index contributed by atoms with van der Waals surface area (Å²) >= 11 is 0. The molecule has 3 nitrogen and oxygen atoms in total. The Kier molecular flexibility index (Phi) is 6.46. The SMILES string of the molecule is C1=c2cc(-c3ccc4oc5ccccc5c4c3)ccc2=C(n2c3ccccc3c3cc(-c4ccc5c(c4)c4ccccc4n5-c4ccccc4)ccc32)CC1. The standard InChI is InChI=1S/C52H34N2O/c1-2-12-38(13-3-1)53-47-17-7-4-14-40(47)43-30-34(22-26-49(43)53)35-23-27-50-44(31-35)41-15-5-8-18-48(41)54(50)46-19-10-11-37-29-33(21-25-39(37)46)36-24-28-52-45(32-36)42-16-6-9-20-51(42)55-52/h1-9,11-18,20-32H,10,19H2. The average molecular weight is 703 g/mol. The second-order valence-electron chi connectivity index (χ2n) is 14.8. The van der Waals surface area contributed by atoms with Crippen LogP contribution in [0.3, 0.4) is 0 Å². The van der Waals surface area contributed by atoms with Gasteiger partial charge in [-0.1, -0.05) is 109 Å². The number of para-hydroxylation sites is 4. The van der Waals surface area contributed by atoms with Crippen LogP contribution in [0.2, 0.25) is 0 Å². The minimum atomic E-state index is 0.927. The van der Waals surface area contributed by atoms with Crippen molar-refractivity contribution in [3.05, 3.63) is 186 Å². The van der Waals surface area contributed by atoms with E-state index in [1.54, 1.807) is 0 Å². The fraction of sp³-hybridized carbons (Fsp3) is 0.0385. The molecule has 0 fully saturated rings. The van der Waals surface area contributed by atoms with Gasteiger partial charge in [0.15, 0.2) is 0 Å². The van der Waals surface area contributed by atoms with Gasteiger partial charge >= 0.3 is 0 Å². The Bertz CT molecular complexity index is 3490. The van der Waals surface area contributed by atoms with Crippen molar-refractivity contribution in [1.82, 2.24) is 9.13 Å². The summed E-state index contributed by atoms with van der Waals surface area (Å²) in [7, 11) is 0. The Morgan fingerprint density at radius 2 is 0.909 bits per heavy atom. The van der Waals surface area contributed by atoms with Gasteiger partial charge in [0.1, 0.15) is 11.2 Å². The zero-order valence-electron chi connectivity index (χ0n) is 30.0. The highest BCUT2D eigenvalue weighted by molar-refractivity contribution is 6.13. The summed E-state index contributed by atoms with van der Waals surface area (Å²) < 4.78 is 11.0. The first-order chi connectivity index (χ1) is 27.3. The van der Waals surface area contributed by atoms with Crippen molar-refractivity contribution < 1.29 is 4.42 Å². The highest BCUT2D eigenvalue weighted by Crippen LogP contribution is 2.39. The zero-order chi connectivity index (χ0) is 36.0. The summed E-state index contributed by atoms with van der Waals surface area (Å²) in [6, 6.07) is 64.2. The summed E-state index contributed by atoms with van der Waals surface area (Å²) in [5, 5.41) is 10.0. The van der Waals surface area contributed by atoms with Gasteiger partial charge in [0.05, 0.1) is 22.1 Å². The molecule has 3 heterocycles. The summed E-state index contributed by atoms with van der Waals surface area (Å²) in [5.41, 5.74) is 14.2. The highest BCUT2D eigenvalue weighted by Gasteiger charge is 2.18. The molecule has 0 spiro atoms. The molecule has 8 aromatic carbocycles. The second kappa shape index (κ2) is 11.7. The third-order valence-corrected chi connectivity index (χ3v) is 11.8.